The summed E-state index contributed by atoms with van der Waals surface area (Å²) in [4.78, 5) is 0. The van der Waals surface area contributed by atoms with Crippen LogP contribution in [0.25, 0.3) is 0 Å². The number of nitrogens with one attached hydrogen (secondary N) is 1. The second kappa shape index (κ2) is 5.94. The van der Waals surface area contributed by atoms with E-state index in [0.717, 1.165) is 41.4 Å². The third-order valence-corrected chi connectivity index (χ3v) is 4.85. The summed E-state index contributed by atoms with van der Waals surface area (Å²) in [6.45, 7) is 7.10. The number of benzene rings is 1. The Kier molecular flexibility index (Phi) is 4.22. The highest BCUT2D eigenvalue weighted by molar-refractivity contribution is 9.10. The number of fused-ring (bicyclic) bond motifs is 1. The van der Waals surface area contributed by atoms with Crippen molar-refractivity contribution >= 4 is 15.9 Å². The van der Waals surface area contributed by atoms with Gasteiger partial charge in [-0.3, -0.25) is 0 Å². The van der Waals surface area contributed by atoms with Gasteiger partial charge in [0.05, 0.1) is 4.47 Å². The molecule has 0 saturated carbocycles. The van der Waals surface area contributed by atoms with E-state index in [0.29, 0.717) is 12.7 Å². The zero-order valence-electron chi connectivity index (χ0n) is 12.2. The summed E-state index contributed by atoms with van der Waals surface area (Å²) in [6.07, 6.45) is 3.68. The topological polar surface area (TPSA) is 30.5 Å². The Bertz CT molecular complexity index is 496. The molecule has 0 amide bonds. The summed E-state index contributed by atoms with van der Waals surface area (Å²) in [5.41, 5.74) is 2.75. The lowest BCUT2D eigenvalue weighted by atomic mass is 9.86. The average Bonchev–Trinajstić information content (AvgIpc) is 2.89. The first-order chi connectivity index (χ1) is 9.66. The molecule has 0 aliphatic carbocycles. The summed E-state index contributed by atoms with van der Waals surface area (Å²) in [5, 5.41) is 3.44. The number of hydrogen-bond donors (Lipinski definition) is 1. The minimum absolute atomic E-state index is 0.338. The van der Waals surface area contributed by atoms with Gasteiger partial charge in [-0.15, -0.1) is 0 Å². The molecule has 2 aliphatic rings. The number of ether oxygens (including phenoxy) is 2. The van der Waals surface area contributed by atoms with Gasteiger partial charge in [-0.1, -0.05) is 13.8 Å². The molecule has 3 nitrogen and oxygen atoms in total. The lowest BCUT2D eigenvalue weighted by molar-refractivity contribution is 0.172. The monoisotopic (exact) mass is 339 g/mol. The molecule has 0 atom stereocenters. The Morgan fingerprint density at radius 2 is 1.95 bits per heavy atom. The highest BCUT2D eigenvalue weighted by Crippen LogP contribution is 2.46. The SMILES string of the molecule is CC(C)c1c(CC2CCNCC2)cc(Br)c2c1OCO2. The number of hydrogen-bond acceptors (Lipinski definition) is 3. The van der Waals surface area contributed by atoms with Crippen molar-refractivity contribution in [3.63, 3.8) is 0 Å². The van der Waals surface area contributed by atoms with Crippen molar-refractivity contribution in [1.29, 1.82) is 0 Å². The van der Waals surface area contributed by atoms with Gasteiger partial charge >= 0.3 is 0 Å². The van der Waals surface area contributed by atoms with Crippen LogP contribution in [-0.4, -0.2) is 19.9 Å². The summed E-state index contributed by atoms with van der Waals surface area (Å²) in [7, 11) is 0. The van der Waals surface area contributed by atoms with Crippen LogP contribution in [0.4, 0.5) is 0 Å². The Labute approximate surface area is 129 Å². The summed E-state index contributed by atoms with van der Waals surface area (Å²) < 4.78 is 12.3. The number of halogens is 1. The molecule has 0 bridgehead atoms. The molecule has 1 aromatic rings. The van der Waals surface area contributed by atoms with Crippen molar-refractivity contribution in [1.82, 2.24) is 5.32 Å². The van der Waals surface area contributed by atoms with Crippen LogP contribution in [0, 0.1) is 5.92 Å². The lowest BCUT2D eigenvalue weighted by Gasteiger charge is -2.25. The maximum Gasteiger partial charge on any atom is 0.231 e. The molecule has 1 N–H and O–H groups in total. The number of rotatable bonds is 3. The minimum atomic E-state index is 0.338. The molecule has 2 aliphatic heterocycles. The summed E-state index contributed by atoms with van der Waals surface area (Å²) >= 11 is 3.63. The van der Waals surface area contributed by atoms with E-state index in [1.165, 1.54) is 24.0 Å². The zero-order valence-corrected chi connectivity index (χ0v) is 13.8. The molecule has 2 heterocycles. The van der Waals surface area contributed by atoms with Crippen LogP contribution in [0.3, 0.4) is 0 Å². The normalized spacial score (nSPS) is 18.8. The van der Waals surface area contributed by atoms with Crippen LogP contribution in [0.1, 0.15) is 43.7 Å². The van der Waals surface area contributed by atoms with Crippen LogP contribution in [0.5, 0.6) is 11.5 Å². The molecule has 0 spiro atoms. The highest BCUT2D eigenvalue weighted by Gasteiger charge is 2.27. The second-order valence-corrected chi connectivity index (χ2v) is 6.90. The van der Waals surface area contributed by atoms with Gasteiger partial charge in [-0.2, -0.15) is 0 Å². The van der Waals surface area contributed by atoms with E-state index < -0.39 is 0 Å². The quantitative estimate of drug-likeness (QED) is 0.907. The Balaban J connectivity index is 1.94. The summed E-state index contributed by atoms with van der Waals surface area (Å²) in [5.74, 6) is 3.07. The van der Waals surface area contributed by atoms with E-state index >= 15 is 0 Å². The van der Waals surface area contributed by atoms with Crippen molar-refractivity contribution in [2.75, 3.05) is 19.9 Å². The molecule has 0 aromatic heterocycles. The smallest absolute Gasteiger partial charge is 0.231 e. The predicted molar refractivity (Wildman–Crippen MR) is 83.7 cm³/mol. The molecule has 3 rings (SSSR count). The molecule has 0 radical (unpaired) electrons. The van der Waals surface area contributed by atoms with E-state index in [2.05, 4.69) is 41.2 Å². The van der Waals surface area contributed by atoms with Crippen molar-refractivity contribution in [2.45, 2.75) is 39.0 Å². The average molecular weight is 340 g/mol. The minimum Gasteiger partial charge on any atom is -0.453 e. The van der Waals surface area contributed by atoms with E-state index in [4.69, 9.17) is 9.47 Å². The van der Waals surface area contributed by atoms with Gasteiger partial charge in [-0.05, 0) is 71.7 Å². The first-order valence-corrected chi connectivity index (χ1v) is 8.27. The first-order valence-electron chi connectivity index (χ1n) is 7.48. The van der Waals surface area contributed by atoms with E-state index in [9.17, 15) is 0 Å². The fourth-order valence-corrected chi connectivity index (χ4v) is 3.87. The van der Waals surface area contributed by atoms with Crippen molar-refractivity contribution in [3.8, 4) is 11.5 Å². The van der Waals surface area contributed by atoms with Crippen LogP contribution < -0.4 is 14.8 Å². The van der Waals surface area contributed by atoms with Gasteiger partial charge in [-0.25, -0.2) is 0 Å². The molecule has 4 heteroatoms. The zero-order chi connectivity index (χ0) is 14.1. The largest absolute Gasteiger partial charge is 0.453 e. The highest BCUT2D eigenvalue weighted by atomic mass is 79.9. The fraction of sp³-hybridized carbons (Fsp3) is 0.625. The lowest BCUT2D eigenvalue weighted by Crippen LogP contribution is -2.28. The van der Waals surface area contributed by atoms with Gasteiger partial charge in [0.15, 0.2) is 11.5 Å². The maximum absolute atomic E-state index is 5.74. The Morgan fingerprint density at radius 3 is 2.65 bits per heavy atom. The van der Waals surface area contributed by atoms with Gasteiger partial charge in [0.25, 0.3) is 0 Å². The van der Waals surface area contributed by atoms with Crippen molar-refractivity contribution < 1.29 is 9.47 Å². The van der Waals surface area contributed by atoms with Crippen LogP contribution >= 0.6 is 15.9 Å². The molecule has 1 saturated heterocycles. The third kappa shape index (κ3) is 2.68. The van der Waals surface area contributed by atoms with E-state index in [-0.39, 0.29) is 0 Å². The van der Waals surface area contributed by atoms with Crippen molar-refractivity contribution in [2.24, 2.45) is 5.92 Å². The summed E-state index contributed by atoms with van der Waals surface area (Å²) in [6, 6.07) is 2.24. The standard InChI is InChI=1S/C16H22BrNO2/c1-10(2)14-12(7-11-3-5-18-6-4-11)8-13(17)15-16(14)20-9-19-15/h8,10-11,18H,3-7,9H2,1-2H3. The Morgan fingerprint density at radius 1 is 1.25 bits per heavy atom. The van der Waals surface area contributed by atoms with E-state index in [1.807, 2.05) is 0 Å². The maximum atomic E-state index is 5.74. The van der Waals surface area contributed by atoms with Crippen LogP contribution in [0.2, 0.25) is 0 Å². The Hall–Kier alpha value is -0.740. The molecule has 0 unspecified atom stereocenters. The molecule has 1 fully saturated rings. The molecule has 110 valence electrons. The van der Waals surface area contributed by atoms with Gasteiger partial charge in [0.1, 0.15) is 0 Å². The van der Waals surface area contributed by atoms with Gasteiger partial charge in [0, 0.05) is 5.56 Å². The van der Waals surface area contributed by atoms with Crippen LogP contribution in [0.15, 0.2) is 10.5 Å². The predicted octanol–water partition coefficient (Wildman–Crippen LogP) is 3.84. The third-order valence-electron chi connectivity index (χ3n) is 4.27. The first kappa shape index (κ1) is 14.2. The molecular weight excluding hydrogens is 318 g/mol. The number of piperidine rings is 1. The second-order valence-electron chi connectivity index (χ2n) is 6.05. The van der Waals surface area contributed by atoms with Gasteiger partial charge < -0.3 is 14.8 Å². The van der Waals surface area contributed by atoms with Gasteiger partial charge in [0.2, 0.25) is 6.79 Å². The van der Waals surface area contributed by atoms with Crippen molar-refractivity contribution in [3.05, 3.63) is 21.7 Å². The van der Waals surface area contributed by atoms with Crippen LogP contribution in [-0.2, 0) is 6.42 Å². The fourth-order valence-electron chi connectivity index (χ4n) is 3.30. The van der Waals surface area contributed by atoms with E-state index in [1.54, 1.807) is 0 Å². The molecule has 1 aromatic carbocycles. The molecular formula is C16H22BrNO2. The molecule has 20 heavy (non-hydrogen) atoms.